The number of piperidine rings is 1. The van der Waals surface area contributed by atoms with Gasteiger partial charge in [-0.2, -0.15) is 0 Å². The van der Waals surface area contributed by atoms with E-state index < -0.39 is 0 Å². The number of aryl methyl sites for hydroxylation is 2. The van der Waals surface area contributed by atoms with Crippen molar-refractivity contribution in [1.29, 1.82) is 0 Å². The number of hydrogen-bond donors (Lipinski definition) is 2. The van der Waals surface area contributed by atoms with Gasteiger partial charge in [0.2, 0.25) is 5.91 Å². The Kier molecular flexibility index (Phi) is 5.40. The smallest absolute Gasteiger partial charge is 0.220 e. The van der Waals surface area contributed by atoms with Crippen LogP contribution in [0.2, 0.25) is 0 Å². The highest BCUT2D eigenvalue weighted by atomic mass is 16.1. The number of carbonyl (C=O) groups is 1. The number of hydrogen-bond acceptors (Lipinski definition) is 2. The predicted octanol–water partition coefficient (Wildman–Crippen LogP) is 2.04. The molecule has 1 fully saturated rings. The molecule has 0 saturated carbocycles. The number of nitrogens with one attached hydrogen (secondary N) is 2. The zero-order chi connectivity index (χ0) is 13.5. The molecule has 104 valence electrons. The fourth-order valence-corrected chi connectivity index (χ4v) is 2.58. The molecule has 1 aliphatic rings. The summed E-state index contributed by atoms with van der Waals surface area (Å²) in [7, 11) is 0. The van der Waals surface area contributed by atoms with Gasteiger partial charge >= 0.3 is 0 Å². The molecule has 1 aromatic rings. The first kappa shape index (κ1) is 14.1. The second kappa shape index (κ2) is 7.29. The molecule has 0 radical (unpaired) electrons. The Bertz CT molecular complexity index is 411. The number of rotatable bonds is 5. The van der Waals surface area contributed by atoms with Crippen LogP contribution in [0.4, 0.5) is 0 Å². The van der Waals surface area contributed by atoms with Crippen molar-refractivity contribution in [3.8, 4) is 0 Å². The van der Waals surface area contributed by atoms with Gasteiger partial charge in [-0.1, -0.05) is 24.3 Å². The quantitative estimate of drug-likeness (QED) is 0.850. The van der Waals surface area contributed by atoms with E-state index in [9.17, 15) is 4.79 Å². The lowest BCUT2D eigenvalue weighted by Gasteiger charge is -2.22. The van der Waals surface area contributed by atoms with Gasteiger partial charge in [-0.05, 0) is 56.3 Å². The molecule has 1 unspecified atom stereocenters. The van der Waals surface area contributed by atoms with Gasteiger partial charge in [0, 0.05) is 13.0 Å². The van der Waals surface area contributed by atoms with E-state index in [1.165, 1.54) is 24.0 Å². The van der Waals surface area contributed by atoms with Crippen LogP contribution >= 0.6 is 0 Å². The van der Waals surface area contributed by atoms with Crippen molar-refractivity contribution < 1.29 is 4.79 Å². The van der Waals surface area contributed by atoms with E-state index in [1.54, 1.807) is 0 Å². The minimum atomic E-state index is 0.175. The standard InChI is InChI=1S/C16H24N2O/c1-13-5-2-3-7-15(13)8-9-16(19)18-12-14-6-4-10-17-11-14/h2-3,5,7,14,17H,4,6,8-12H2,1H3,(H,18,19). The first-order valence-corrected chi connectivity index (χ1v) is 7.27. The minimum Gasteiger partial charge on any atom is -0.356 e. The van der Waals surface area contributed by atoms with Crippen molar-refractivity contribution in [2.24, 2.45) is 5.92 Å². The maximum Gasteiger partial charge on any atom is 0.220 e. The van der Waals surface area contributed by atoms with Crippen LogP contribution in [-0.2, 0) is 11.2 Å². The van der Waals surface area contributed by atoms with Gasteiger partial charge in [-0.3, -0.25) is 4.79 Å². The second-order valence-corrected chi connectivity index (χ2v) is 5.44. The summed E-state index contributed by atoms with van der Waals surface area (Å²) in [5.74, 6) is 0.782. The third-order valence-electron chi connectivity index (χ3n) is 3.87. The van der Waals surface area contributed by atoms with Gasteiger partial charge in [0.25, 0.3) is 0 Å². The number of amides is 1. The lowest BCUT2D eigenvalue weighted by molar-refractivity contribution is -0.121. The fraction of sp³-hybridized carbons (Fsp3) is 0.562. The van der Waals surface area contributed by atoms with E-state index in [2.05, 4.69) is 29.7 Å². The topological polar surface area (TPSA) is 41.1 Å². The summed E-state index contributed by atoms with van der Waals surface area (Å²) in [4.78, 5) is 11.8. The minimum absolute atomic E-state index is 0.175. The summed E-state index contributed by atoms with van der Waals surface area (Å²) >= 11 is 0. The van der Waals surface area contributed by atoms with Gasteiger partial charge in [0.05, 0.1) is 0 Å². The highest BCUT2D eigenvalue weighted by Crippen LogP contribution is 2.10. The van der Waals surface area contributed by atoms with E-state index in [0.717, 1.165) is 26.1 Å². The maximum atomic E-state index is 11.8. The SMILES string of the molecule is Cc1ccccc1CCC(=O)NCC1CCCNC1. The molecule has 1 amide bonds. The monoisotopic (exact) mass is 260 g/mol. The highest BCUT2D eigenvalue weighted by molar-refractivity contribution is 5.76. The molecular weight excluding hydrogens is 236 g/mol. The Hall–Kier alpha value is -1.35. The predicted molar refractivity (Wildman–Crippen MR) is 78.1 cm³/mol. The van der Waals surface area contributed by atoms with E-state index in [0.29, 0.717) is 12.3 Å². The van der Waals surface area contributed by atoms with Crippen molar-refractivity contribution in [2.45, 2.75) is 32.6 Å². The largest absolute Gasteiger partial charge is 0.356 e. The van der Waals surface area contributed by atoms with Crippen LogP contribution in [0.5, 0.6) is 0 Å². The first-order chi connectivity index (χ1) is 9.25. The zero-order valence-electron chi connectivity index (χ0n) is 11.7. The van der Waals surface area contributed by atoms with Gasteiger partial charge in [-0.25, -0.2) is 0 Å². The van der Waals surface area contributed by atoms with Crippen molar-refractivity contribution >= 4 is 5.91 Å². The van der Waals surface area contributed by atoms with Crippen molar-refractivity contribution in [3.63, 3.8) is 0 Å². The molecule has 1 heterocycles. The third-order valence-corrected chi connectivity index (χ3v) is 3.87. The van der Waals surface area contributed by atoms with Crippen molar-refractivity contribution in [2.75, 3.05) is 19.6 Å². The summed E-state index contributed by atoms with van der Waals surface area (Å²) in [5, 5.41) is 6.44. The van der Waals surface area contributed by atoms with Crippen LogP contribution in [0.3, 0.4) is 0 Å². The molecule has 3 nitrogen and oxygen atoms in total. The highest BCUT2D eigenvalue weighted by Gasteiger charge is 2.13. The first-order valence-electron chi connectivity index (χ1n) is 7.27. The Morgan fingerprint density at radius 3 is 3.00 bits per heavy atom. The Morgan fingerprint density at radius 2 is 2.26 bits per heavy atom. The Labute approximate surface area is 115 Å². The van der Waals surface area contributed by atoms with Crippen LogP contribution in [0.1, 0.15) is 30.4 Å². The summed E-state index contributed by atoms with van der Waals surface area (Å²) in [6.07, 6.45) is 3.88. The van der Waals surface area contributed by atoms with Crippen LogP contribution < -0.4 is 10.6 Å². The number of benzene rings is 1. The van der Waals surface area contributed by atoms with Gasteiger partial charge in [0.15, 0.2) is 0 Å². The second-order valence-electron chi connectivity index (χ2n) is 5.44. The van der Waals surface area contributed by atoms with Crippen LogP contribution in [-0.4, -0.2) is 25.5 Å². The maximum absolute atomic E-state index is 11.8. The van der Waals surface area contributed by atoms with Gasteiger partial charge < -0.3 is 10.6 Å². The molecule has 1 aliphatic heterocycles. The normalized spacial score (nSPS) is 19.1. The summed E-state index contributed by atoms with van der Waals surface area (Å²) in [6, 6.07) is 8.28. The van der Waals surface area contributed by atoms with E-state index >= 15 is 0 Å². The Morgan fingerprint density at radius 1 is 1.42 bits per heavy atom. The molecular formula is C16H24N2O. The average molecular weight is 260 g/mol. The average Bonchev–Trinajstić information content (AvgIpc) is 2.45. The fourth-order valence-electron chi connectivity index (χ4n) is 2.58. The molecule has 1 aromatic carbocycles. The van der Waals surface area contributed by atoms with Crippen molar-refractivity contribution in [1.82, 2.24) is 10.6 Å². The molecule has 2 N–H and O–H groups in total. The molecule has 0 bridgehead atoms. The van der Waals surface area contributed by atoms with Gasteiger partial charge in [-0.15, -0.1) is 0 Å². The molecule has 1 atom stereocenters. The molecule has 19 heavy (non-hydrogen) atoms. The van der Waals surface area contributed by atoms with Crippen LogP contribution in [0.15, 0.2) is 24.3 Å². The molecule has 0 aliphatic carbocycles. The molecule has 3 heteroatoms. The molecule has 0 spiro atoms. The molecule has 0 aromatic heterocycles. The summed E-state index contributed by atoms with van der Waals surface area (Å²) in [5.41, 5.74) is 2.55. The number of carbonyl (C=O) groups excluding carboxylic acids is 1. The van der Waals surface area contributed by atoms with E-state index in [4.69, 9.17) is 0 Å². The van der Waals surface area contributed by atoms with Crippen molar-refractivity contribution in [3.05, 3.63) is 35.4 Å². The van der Waals surface area contributed by atoms with Crippen LogP contribution in [0, 0.1) is 12.8 Å². The summed E-state index contributed by atoms with van der Waals surface area (Å²) < 4.78 is 0. The molecule has 2 rings (SSSR count). The van der Waals surface area contributed by atoms with E-state index in [1.807, 2.05) is 12.1 Å². The Balaban J connectivity index is 1.68. The lowest BCUT2D eigenvalue weighted by Crippen LogP contribution is -2.38. The van der Waals surface area contributed by atoms with Gasteiger partial charge in [0.1, 0.15) is 0 Å². The van der Waals surface area contributed by atoms with Crippen LogP contribution in [0.25, 0.3) is 0 Å². The third kappa shape index (κ3) is 4.67. The zero-order valence-corrected chi connectivity index (χ0v) is 11.7. The summed E-state index contributed by atoms with van der Waals surface area (Å²) in [6.45, 7) is 5.08. The lowest BCUT2D eigenvalue weighted by atomic mass is 9.99. The van der Waals surface area contributed by atoms with E-state index in [-0.39, 0.29) is 5.91 Å². The molecule has 1 saturated heterocycles.